The third-order valence-corrected chi connectivity index (χ3v) is 8.38. The summed E-state index contributed by atoms with van der Waals surface area (Å²) in [7, 11) is 0. The van der Waals surface area contributed by atoms with Crippen molar-refractivity contribution in [3.63, 3.8) is 0 Å². The summed E-state index contributed by atoms with van der Waals surface area (Å²) in [5.41, 5.74) is 6.09. The number of nitrogens with zero attached hydrogens (tertiary/aromatic N) is 1. The van der Waals surface area contributed by atoms with E-state index in [2.05, 4.69) is 13.8 Å². The van der Waals surface area contributed by atoms with Crippen LogP contribution in [0, 0.1) is 5.41 Å². The van der Waals surface area contributed by atoms with Gasteiger partial charge in [0, 0.05) is 22.9 Å². The molecule has 0 spiro atoms. The number of benzene rings is 1. The first kappa shape index (κ1) is 23.8. The molecule has 1 aromatic carbocycles. The zero-order chi connectivity index (χ0) is 24.1. The second-order valence-electron chi connectivity index (χ2n) is 11.6. The maximum atomic E-state index is 13.1. The van der Waals surface area contributed by atoms with E-state index in [9.17, 15) is 18.3 Å². The molecule has 1 aromatic heterocycles. The lowest BCUT2D eigenvalue weighted by atomic mass is 9.70. The van der Waals surface area contributed by atoms with E-state index < -0.39 is 17.8 Å². The third kappa shape index (κ3) is 4.65. The van der Waals surface area contributed by atoms with Crippen LogP contribution in [0.4, 0.5) is 13.2 Å². The summed E-state index contributed by atoms with van der Waals surface area (Å²) >= 11 is 0. The van der Waals surface area contributed by atoms with E-state index in [1.165, 1.54) is 54.6 Å². The van der Waals surface area contributed by atoms with Gasteiger partial charge in [0.2, 0.25) is 0 Å². The molecule has 1 heterocycles. The Kier molecular flexibility index (Phi) is 6.29. The fourth-order valence-electron chi connectivity index (χ4n) is 6.81. The predicted molar refractivity (Wildman–Crippen MR) is 128 cm³/mol. The first-order valence-corrected chi connectivity index (χ1v) is 13.0. The van der Waals surface area contributed by atoms with Gasteiger partial charge in [0.25, 0.3) is 0 Å². The zero-order valence-corrected chi connectivity index (χ0v) is 20.3. The highest BCUT2D eigenvalue weighted by atomic mass is 19.4. The van der Waals surface area contributed by atoms with Crippen molar-refractivity contribution >= 4 is 0 Å². The van der Waals surface area contributed by atoms with Gasteiger partial charge in [-0.1, -0.05) is 51.7 Å². The minimum Gasteiger partial charge on any atom is -0.388 e. The molecule has 5 rings (SSSR count). The topological polar surface area (TPSA) is 33.1 Å². The largest absolute Gasteiger partial charge is 0.416 e. The molecular formula is C29H36F3NO. The summed E-state index contributed by atoms with van der Waals surface area (Å²) in [6.07, 6.45) is 6.64. The highest BCUT2D eigenvalue weighted by Gasteiger charge is 2.39. The molecule has 2 nitrogen and oxygen atoms in total. The maximum Gasteiger partial charge on any atom is 0.416 e. The molecule has 2 saturated carbocycles. The first-order valence-electron chi connectivity index (χ1n) is 13.0. The average Bonchev–Trinajstić information content (AvgIpc) is 3.47. The lowest BCUT2D eigenvalue weighted by molar-refractivity contribution is -0.137. The van der Waals surface area contributed by atoms with Crippen LogP contribution in [0.3, 0.4) is 0 Å². The van der Waals surface area contributed by atoms with Gasteiger partial charge in [-0.3, -0.25) is 4.98 Å². The number of aliphatic hydroxyl groups is 1. The fourth-order valence-corrected chi connectivity index (χ4v) is 6.81. The van der Waals surface area contributed by atoms with Crippen molar-refractivity contribution in [2.24, 2.45) is 5.41 Å². The summed E-state index contributed by atoms with van der Waals surface area (Å²) in [5.74, 6) is 0.828. The maximum absolute atomic E-state index is 13.1. The Morgan fingerprint density at radius 3 is 2.09 bits per heavy atom. The minimum absolute atomic E-state index is 0.00819. The van der Waals surface area contributed by atoms with Crippen molar-refractivity contribution < 1.29 is 18.3 Å². The lowest BCUT2D eigenvalue weighted by Crippen LogP contribution is -2.30. The summed E-state index contributed by atoms with van der Waals surface area (Å²) < 4.78 is 39.4. The molecular weight excluding hydrogens is 435 g/mol. The van der Waals surface area contributed by atoms with Gasteiger partial charge in [-0.2, -0.15) is 13.2 Å². The van der Waals surface area contributed by atoms with E-state index in [1.807, 2.05) is 0 Å². The van der Waals surface area contributed by atoms with Crippen LogP contribution in [0.2, 0.25) is 0 Å². The van der Waals surface area contributed by atoms with Gasteiger partial charge >= 0.3 is 6.18 Å². The van der Waals surface area contributed by atoms with Gasteiger partial charge in [0.15, 0.2) is 0 Å². The van der Waals surface area contributed by atoms with Gasteiger partial charge in [0.1, 0.15) is 0 Å². The van der Waals surface area contributed by atoms with E-state index in [4.69, 9.17) is 4.98 Å². The SMILES string of the molecule is CC1(C)Cc2nc(C3CCCC3)c(Cc3ccc(C(F)(F)F)cc3)c(C3CCCC3)c2C(O)C1. The second-order valence-corrected chi connectivity index (χ2v) is 11.6. The van der Waals surface area contributed by atoms with Crippen LogP contribution < -0.4 is 0 Å². The molecule has 0 aliphatic heterocycles. The van der Waals surface area contributed by atoms with Gasteiger partial charge in [-0.05, 0) is 85.1 Å². The third-order valence-electron chi connectivity index (χ3n) is 8.38. The summed E-state index contributed by atoms with van der Waals surface area (Å²) in [6.45, 7) is 4.42. The van der Waals surface area contributed by atoms with Crippen LogP contribution in [0.5, 0.6) is 0 Å². The number of alkyl halides is 3. The number of aliphatic hydroxyl groups excluding tert-OH is 1. The number of halogens is 3. The summed E-state index contributed by atoms with van der Waals surface area (Å²) in [4.78, 5) is 5.29. The lowest BCUT2D eigenvalue weighted by Gasteiger charge is -2.38. The van der Waals surface area contributed by atoms with Gasteiger partial charge in [-0.15, -0.1) is 0 Å². The van der Waals surface area contributed by atoms with Crippen molar-refractivity contribution in [2.75, 3.05) is 0 Å². The Morgan fingerprint density at radius 2 is 1.50 bits per heavy atom. The van der Waals surface area contributed by atoms with E-state index in [0.717, 1.165) is 55.3 Å². The smallest absolute Gasteiger partial charge is 0.388 e. The molecule has 1 atom stereocenters. The second kappa shape index (κ2) is 8.96. The van der Waals surface area contributed by atoms with E-state index in [-0.39, 0.29) is 5.41 Å². The van der Waals surface area contributed by atoms with Crippen LogP contribution in [-0.2, 0) is 19.0 Å². The molecule has 5 heteroatoms. The molecule has 3 aliphatic carbocycles. The molecule has 1 unspecified atom stereocenters. The molecule has 0 radical (unpaired) electrons. The van der Waals surface area contributed by atoms with Crippen LogP contribution in [-0.4, -0.2) is 10.1 Å². The Morgan fingerprint density at radius 1 is 0.912 bits per heavy atom. The Hall–Kier alpha value is -1.88. The highest BCUT2D eigenvalue weighted by Crippen LogP contribution is 2.50. The van der Waals surface area contributed by atoms with Crippen LogP contribution >= 0.6 is 0 Å². The molecule has 0 bridgehead atoms. The standard InChI is InChI=1S/C29H36F3NO/c1-28(2)16-23-26(24(34)17-28)25(19-7-3-4-8-19)22(27(33-23)20-9-5-6-10-20)15-18-11-13-21(14-12-18)29(30,31)32/h11-14,19-20,24,34H,3-10,15-17H2,1-2H3. The number of aromatic nitrogens is 1. The van der Waals surface area contributed by atoms with Crippen molar-refractivity contribution in [2.45, 2.75) is 109 Å². The van der Waals surface area contributed by atoms with Crippen molar-refractivity contribution in [1.29, 1.82) is 0 Å². The van der Waals surface area contributed by atoms with Crippen LogP contribution in [0.1, 0.15) is 129 Å². The summed E-state index contributed by atoms with van der Waals surface area (Å²) in [6, 6.07) is 5.64. The number of rotatable bonds is 4. The Labute approximate surface area is 201 Å². The molecule has 34 heavy (non-hydrogen) atoms. The zero-order valence-electron chi connectivity index (χ0n) is 20.3. The molecule has 0 saturated heterocycles. The quantitative estimate of drug-likeness (QED) is 0.490. The van der Waals surface area contributed by atoms with Crippen LogP contribution in [0.25, 0.3) is 0 Å². The van der Waals surface area contributed by atoms with Crippen molar-refractivity contribution in [3.8, 4) is 0 Å². The minimum atomic E-state index is -4.33. The molecule has 3 aliphatic rings. The van der Waals surface area contributed by atoms with Gasteiger partial charge in [-0.25, -0.2) is 0 Å². The van der Waals surface area contributed by atoms with Crippen LogP contribution in [0.15, 0.2) is 24.3 Å². The monoisotopic (exact) mass is 471 g/mol. The van der Waals surface area contributed by atoms with E-state index in [0.29, 0.717) is 18.3 Å². The van der Waals surface area contributed by atoms with E-state index >= 15 is 0 Å². The number of hydrogen-bond donors (Lipinski definition) is 1. The number of fused-ring (bicyclic) bond motifs is 1. The average molecular weight is 472 g/mol. The molecule has 2 fully saturated rings. The van der Waals surface area contributed by atoms with Gasteiger partial charge < -0.3 is 5.11 Å². The Balaban J connectivity index is 1.66. The number of hydrogen-bond acceptors (Lipinski definition) is 2. The van der Waals surface area contributed by atoms with E-state index in [1.54, 1.807) is 12.1 Å². The predicted octanol–water partition coefficient (Wildman–Crippen LogP) is 8.01. The van der Waals surface area contributed by atoms with Crippen molar-refractivity contribution in [3.05, 3.63) is 63.5 Å². The fraction of sp³-hybridized carbons (Fsp3) is 0.621. The summed E-state index contributed by atoms with van der Waals surface area (Å²) in [5, 5.41) is 11.3. The first-order chi connectivity index (χ1) is 16.1. The number of pyridine rings is 1. The molecule has 2 aromatic rings. The van der Waals surface area contributed by atoms with Crippen molar-refractivity contribution in [1.82, 2.24) is 4.98 Å². The molecule has 1 N–H and O–H groups in total. The molecule has 0 amide bonds. The normalized spacial score (nSPS) is 23.4. The Bertz CT molecular complexity index is 1030. The highest BCUT2D eigenvalue weighted by molar-refractivity contribution is 5.49. The van der Waals surface area contributed by atoms with Gasteiger partial charge in [0.05, 0.1) is 11.7 Å². The molecule has 184 valence electrons.